The molecule has 2 heterocycles. The molecule has 0 spiro atoms. The lowest BCUT2D eigenvalue weighted by Crippen LogP contribution is -2.31. The van der Waals surface area contributed by atoms with Gasteiger partial charge >= 0.3 is 0 Å². The van der Waals surface area contributed by atoms with Crippen LogP contribution in [0.3, 0.4) is 0 Å². The molecule has 0 radical (unpaired) electrons. The van der Waals surface area contributed by atoms with Crippen molar-refractivity contribution in [1.29, 1.82) is 0 Å². The minimum atomic E-state index is -0.334. The summed E-state index contributed by atoms with van der Waals surface area (Å²) >= 11 is 6.03. The average Bonchev–Trinajstić information content (AvgIpc) is 2.73. The summed E-state index contributed by atoms with van der Waals surface area (Å²) in [5.41, 5.74) is 3.40. The summed E-state index contributed by atoms with van der Waals surface area (Å²) in [6.45, 7) is 2.48. The van der Waals surface area contributed by atoms with E-state index in [9.17, 15) is 9.59 Å². The van der Waals surface area contributed by atoms with Gasteiger partial charge in [0.25, 0.3) is 5.56 Å². The topological polar surface area (TPSA) is 84.1 Å². The number of ether oxygens (including phenoxy) is 1. The van der Waals surface area contributed by atoms with E-state index in [1.165, 1.54) is 6.07 Å². The number of benzene rings is 2. The van der Waals surface area contributed by atoms with E-state index >= 15 is 0 Å². The van der Waals surface area contributed by atoms with Gasteiger partial charge in [0.2, 0.25) is 5.91 Å². The van der Waals surface area contributed by atoms with Gasteiger partial charge < -0.3 is 15.0 Å². The highest BCUT2D eigenvalue weighted by Crippen LogP contribution is 2.26. The van der Waals surface area contributed by atoms with Crippen LogP contribution in [0.1, 0.15) is 40.7 Å². The highest BCUT2D eigenvalue weighted by molar-refractivity contribution is 6.30. The molecule has 1 aliphatic rings. The van der Waals surface area contributed by atoms with E-state index in [0.29, 0.717) is 23.0 Å². The number of nitrogens with zero attached hydrogens (tertiary/aromatic N) is 1. The normalized spacial score (nSPS) is 13.7. The number of hydrogen-bond acceptors (Lipinski definition) is 4. The number of hydrogen-bond donors (Lipinski definition) is 2. The van der Waals surface area contributed by atoms with Crippen LogP contribution in [0.2, 0.25) is 5.02 Å². The first-order valence-electron chi connectivity index (χ1n) is 10.3. The summed E-state index contributed by atoms with van der Waals surface area (Å²) in [6, 6.07) is 14.4. The van der Waals surface area contributed by atoms with Crippen molar-refractivity contribution in [2.24, 2.45) is 0 Å². The maximum Gasteiger partial charge on any atom is 0.251 e. The van der Waals surface area contributed by atoms with Gasteiger partial charge in [0.05, 0.1) is 24.8 Å². The van der Waals surface area contributed by atoms with Crippen LogP contribution in [-0.4, -0.2) is 22.5 Å². The van der Waals surface area contributed by atoms with Crippen molar-refractivity contribution in [3.8, 4) is 5.75 Å². The van der Waals surface area contributed by atoms with Gasteiger partial charge in [-0.05, 0) is 54.7 Å². The Morgan fingerprint density at radius 2 is 2.03 bits per heavy atom. The van der Waals surface area contributed by atoms with Gasteiger partial charge in [0, 0.05) is 17.5 Å². The van der Waals surface area contributed by atoms with E-state index < -0.39 is 0 Å². The number of aromatic amines is 1. The smallest absolute Gasteiger partial charge is 0.251 e. The zero-order chi connectivity index (χ0) is 21.8. The quantitative estimate of drug-likeness (QED) is 0.615. The van der Waals surface area contributed by atoms with Gasteiger partial charge in [-0.1, -0.05) is 35.9 Å². The molecule has 3 aromatic rings. The molecular formula is C24H24ClN3O3. The van der Waals surface area contributed by atoms with Crippen LogP contribution in [0.25, 0.3) is 0 Å². The van der Waals surface area contributed by atoms with Crippen LogP contribution >= 0.6 is 11.6 Å². The zero-order valence-electron chi connectivity index (χ0n) is 17.3. The summed E-state index contributed by atoms with van der Waals surface area (Å²) in [4.78, 5) is 31.8. The van der Waals surface area contributed by atoms with Crippen LogP contribution in [0.15, 0.2) is 53.3 Å². The molecule has 1 amide bonds. The van der Waals surface area contributed by atoms with Crippen molar-refractivity contribution in [2.45, 2.75) is 38.6 Å². The fourth-order valence-corrected chi connectivity index (χ4v) is 3.98. The molecule has 0 saturated carbocycles. The number of carbonyl (C=O) groups is 1. The van der Waals surface area contributed by atoms with E-state index in [1.54, 1.807) is 19.1 Å². The van der Waals surface area contributed by atoms with Crippen LogP contribution in [-0.2, 0) is 24.1 Å². The maximum atomic E-state index is 12.9. The number of aromatic nitrogens is 2. The standard InChI is InChI=1S/C24H24ClN3O3/c1-15-26-20(14-24(30)27-15)13-21(17-5-7-19(25)8-6-17)28-23(29)12-16-4-9-22-18(11-16)3-2-10-31-22/h4-9,11,14,21H,2-3,10,12-13H2,1H3,(H,28,29)(H,26,27,30). The van der Waals surface area contributed by atoms with Crippen molar-refractivity contribution in [2.75, 3.05) is 6.61 Å². The largest absolute Gasteiger partial charge is 0.493 e. The number of rotatable bonds is 6. The molecule has 1 aliphatic heterocycles. The van der Waals surface area contributed by atoms with Crippen LogP contribution in [0.5, 0.6) is 5.75 Å². The lowest BCUT2D eigenvalue weighted by molar-refractivity contribution is -0.121. The Bertz CT molecular complexity index is 1140. The third-order valence-electron chi connectivity index (χ3n) is 5.27. The Kier molecular flexibility index (Phi) is 6.37. The molecule has 2 N–H and O–H groups in total. The van der Waals surface area contributed by atoms with Gasteiger partial charge in [0.15, 0.2) is 0 Å². The summed E-state index contributed by atoms with van der Waals surface area (Å²) < 4.78 is 5.65. The Hall–Kier alpha value is -3.12. The molecule has 0 aliphatic carbocycles. The number of nitrogens with one attached hydrogen (secondary N) is 2. The van der Waals surface area contributed by atoms with Gasteiger partial charge in [-0.2, -0.15) is 0 Å². The fourth-order valence-electron chi connectivity index (χ4n) is 3.86. The minimum Gasteiger partial charge on any atom is -0.493 e. The van der Waals surface area contributed by atoms with Crippen molar-refractivity contribution in [3.63, 3.8) is 0 Å². The van der Waals surface area contributed by atoms with Gasteiger partial charge in [0.1, 0.15) is 11.6 Å². The second-order valence-corrected chi connectivity index (χ2v) is 8.21. The number of amides is 1. The first-order valence-corrected chi connectivity index (χ1v) is 10.7. The van der Waals surface area contributed by atoms with E-state index in [1.807, 2.05) is 30.3 Å². The Balaban J connectivity index is 1.52. The van der Waals surface area contributed by atoms with Crippen molar-refractivity contribution in [3.05, 3.63) is 92.1 Å². The van der Waals surface area contributed by atoms with Crippen LogP contribution < -0.4 is 15.6 Å². The highest BCUT2D eigenvalue weighted by atomic mass is 35.5. The molecule has 31 heavy (non-hydrogen) atoms. The second-order valence-electron chi connectivity index (χ2n) is 7.77. The number of aryl methyl sites for hydroxylation is 2. The molecular weight excluding hydrogens is 414 g/mol. The van der Waals surface area contributed by atoms with E-state index in [-0.39, 0.29) is 23.9 Å². The second kappa shape index (κ2) is 9.35. The minimum absolute atomic E-state index is 0.0989. The van der Waals surface area contributed by atoms with Crippen LogP contribution in [0, 0.1) is 6.92 Å². The zero-order valence-corrected chi connectivity index (χ0v) is 18.0. The molecule has 4 rings (SSSR count). The predicted molar refractivity (Wildman–Crippen MR) is 120 cm³/mol. The summed E-state index contributed by atoms with van der Waals surface area (Å²) in [5.74, 6) is 1.35. The first-order chi connectivity index (χ1) is 15.0. The summed E-state index contributed by atoms with van der Waals surface area (Å²) in [6.07, 6.45) is 2.62. The first kappa shape index (κ1) is 21.1. The van der Waals surface area contributed by atoms with Crippen molar-refractivity contribution < 1.29 is 9.53 Å². The molecule has 1 aromatic heterocycles. The molecule has 2 aromatic carbocycles. The number of carbonyl (C=O) groups excluding carboxylic acids is 1. The molecule has 0 bridgehead atoms. The van der Waals surface area contributed by atoms with Crippen LogP contribution in [0.4, 0.5) is 0 Å². The number of halogens is 1. The Labute approximate surface area is 185 Å². The van der Waals surface area contributed by atoms with E-state index in [0.717, 1.165) is 41.9 Å². The summed E-state index contributed by atoms with van der Waals surface area (Å²) in [5, 5.41) is 3.72. The molecule has 1 atom stereocenters. The average molecular weight is 438 g/mol. The van der Waals surface area contributed by atoms with E-state index in [4.69, 9.17) is 16.3 Å². The summed E-state index contributed by atoms with van der Waals surface area (Å²) in [7, 11) is 0. The van der Waals surface area contributed by atoms with Crippen molar-refractivity contribution in [1.82, 2.24) is 15.3 Å². The lowest BCUT2D eigenvalue weighted by atomic mass is 9.99. The lowest BCUT2D eigenvalue weighted by Gasteiger charge is -2.20. The SMILES string of the molecule is Cc1nc(CC(NC(=O)Cc2ccc3c(c2)CCCO3)c2ccc(Cl)cc2)cc(=O)[nH]1. The third-order valence-corrected chi connectivity index (χ3v) is 5.52. The molecule has 0 saturated heterocycles. The molecule has 0 fully saturated rings. The van der Waals surface area contributed by atoms with Gasteiger partial charge in [-0.25, -0.2) is 4.98 Å². The Morgan fingerprint density at radius 1 is 1.23 bits per heavy atom. The maximum absolute atomic E-state index is 12.9. The number of H-pyrrole nitrogens is 1. The molecule has 7 heteroatoms. The monoisotopic (exact) mass is 437 g/mol. The predicted octanol–water partition coefficient (Wildman–Crippen LogP) is 3.70. The number of fused-ring (bicyclic) bond motifs is 1. The third kappa shape index (κ3) is 5.52. The highest BCUT2D eigenvalue weighted by Gasteiger charge is 2.18. The molecule has 6 nitrogen and oxygen atoms in total. The molecule has 160 valence electrons. The van der Waals surface area contributed by atoms with Gasteiger partial charge in [-0.15, -0.1) is 0 Å². The van der Waals surface area contributed by atoms with E-state index in [2.05, 4.69) is 15.3 Å². The van der Waals surface area contributed by atoms with Gasteiger partial charge in [-0.3, -0.25) is 9.59 Å². The Morgan fingerprint density at radius 3 is 2.81 bits per heavy atom. The fraction of sp³-hybridized carbons (Fsp3) is 0.292. The van der Waals surface area contributed by atoms with Crippen molar-refractivity contribution >= 4 is 17.5 Å². The molecule has 1 unspecified atom stereocenters.